The van der Waals surface area contributed by atoms with Gasteiger partial charge in [0.15, 0.2) is 17.5 Å². The largest absolute Gasteiger partial charge is 0.394 e. The van der Waals surface area contributed by atoms with Gasteiger partial charge in [-0.15, -0.1) is 5.10 Å². The summed E-state index contributed by atoms with van der Waals surface area (Å²) < 4.78 is 47.2. The molecule has 3 N–H and O–H groups in total. The Morgan fingerprint density at radius 3 is 2.36 bits per heavy atom. The van der Waals surface area contributed by atoms with E-state index in [9.17, 15) is 28.5 Å². The summed E-state index contributed by atoms with van der Waals surface area (Å²) in [6.45, 7) is -0.557. The Bertz CT molecular complexity index is 1150. The van der Waals surface area contributed by atoms with E-state index in [4.69, 9.17) is 27.9 Å². The van der Waals surface area contributed by atoms with Crippen LogP contribution in [0, 0.1) is 17.5 Å². The van der Waals surface area contributed by atoms with E-state index >= 15 is 0 Å². The van der Waals surface area contributed by atoms with Crippen molar-refractivity contribution in [2.75, 3.05) is 6.61 Å². The fourth-order valence-electron chi connectivity index (χ4n) is 3.42. The maximum Gasteiger partial charge on any atom is 0.194 e. The van der Waals surface area contributed by atoms with Gasteiger partial charge in [-0.25, -0.2) is 17.9 Å². The third-order valence-corrected chi connectivity index (χ3v) is 6.97. The molecule has 0 spiro atoms. The quantitative estimate of drug-likeness (QED) is 0.442. The van der Waals surface area contributed by atoms with Crippen LogP contribution in [0.25, 0.3) is 11.3 Å². The van der Waals surface area contributed by atoms with Crippen molar-refractivity contribution in [3.63, 3.8) is 0 Å². The molecule has 7 nitrogen and oxygen atoms in total. The molecule has 33 heavy (non-hydrogen) atoms. The third kappa shape index (κ3) is 4.85. The number of benzene rings is 2. The highest BCUT2D eigenvalue weighted by atomic mass is 35.5. The Morgan fingerprint density at radius 1 is 1.03 bits per heavy atom. The zero-order chi connectivity index (χ0) is 23.9. The first-order chi connectivity index (χ1) is 15.7. The first-order valence-corrected chi connectivity index (χ1v) is 11.1. The number of thioether (sulfide) groups is 1. The summed E-state index contributed by atoms with van der Waals surface area (Å²) in [4.78, 5) is 0.608. The summed E-state index contributed by atoms with van der Waals surface area (Å²) in [5.74, 6) is -4.41. The lowest BCUT2D eigenvalue weighted by atomic mass is 9.97. The number of hydrogen-bond donors (Lipinski definition) is 3. The molecule has 2 heterocycles. The molecule has 0 radical (unpaired) electrons. The molecule has 2 unspecified atom stereocenters. The van der Waals surface area contributed by atoms with E-state index in [1.165, 1.54) is 6.20 Å². The van der Waals surface area contributed by atoms with Crippen LogP contribution < -0.4 is 0 Å². The number of hydrogen-bond acceptors (Lipinski definition) is 7. The molecule has 5 atom stereocenters. The van der Waals surface area contributed by atoms with Crippen LogP contribution in [0.4, 0.5) is 13.2 Å². The third-order valence-electron chi connectivity index (χ3n) is 5.09. The zero-order valence-corrected chi connectivity index (χ0v) is 18.8. The Balaban J connectivity index is 1.63. The molecule has 4 rings (SSSR count). The Hall–Kier alpha value is -1.86. The van der Waals surface area contributed by atoms with Crippen LogP contribution in [-0.2, 0) is 4.74 Å². The van der Waals surface area contributed by atoms with Gasteiger partial charge in [0, 0.05) is 10.5 Å². The Morgan fingerprint density at radius 2 is 1.73 bits per heavy atom. The molecule has 1 aromatic heterocycles. The molecular formula is C20H16Cl2F3N3O4S. The van der Waals surface area contributed by atoms with Crippen LogP contribution in [0.15, 0.2) is 41.4 Å². The normalized spacial score (nSPS) is 25.4. The van der Waals surface area contributed by atoms with Crippen molar-refractivity contribution in [1.82, 2.24) is 15.0 Å². The second kappa shape index (κ2) is 9.79. The fourth-order valence-corrected chi connectivity index (χ4v) is 4.88. The smallest absolute Gasteiger partial charge is 0.194 e. The number of rotatable bonds is 5. The van der Waals surface area contributed by atoms with E-state index in [1.54, 1.807) is 18.2 Å². The Kier molecular flexibility index (Phi) is 7.20. The van der Waals surface area contributed by atoms with E-state index in [0.717, 1.165) is 28.6 Å². The average molecular weight is 522 g/mol. The van der Waals surface area contributed by atoms with E-state index in [2.05, 4.69) is 10.3 Å². The SMILES string of the molecule is OCC1O[C@H](Sc2ccc(Cl)c(Cl)c2)C(O)[C@@H](n2cc(-c3cc(F)c(F)c(F)c3)nn2)[C@H]1O. The van der Waals surface area contributed by atoms with Crippen molar-refractivity contribution in [2.45, 2.75) is 34.7 Å². The second-order valence-electron chi connectivity index (χ2n) is 7.23. The van der Waals surface area contributed by atoms with E-state index in [1.807, 2.05) is 0 Å². The molecular weight excluding hydrogens is 506 g/mol. The average Bonchev–Trinajstić information content (AvgIpc) is 3.26. The minimum absolute atomic E-state index is 0.0204. The van der Waals surface area contributed by atoms with E-state index < -0.39 is 53.8 Å². The molecule has 0 saturated carbocycles. The zero-order valence-electron chi connectivity index (χ0n) is 16.4. The molecule has 1 fully saturated rings. The number of halogens is 5. The van der Waals surface area contributed by atoms with Crippen LogP contribution in [-0.4, -0.2) is 60.7 Å². The van der Waals surface area contributed by atoms with E-state index in [-0.39, 0.29) is 11.3 Å². The van der Waals surface area contributed by atoms with Gasteiger partial charge in [-0.05, 0) is 30.3 Å². The van der Waals surface area contributed by atoms with Crippen molar-refractivity contribution in [3.8, 4) is 11.3 Å². The van der Waals surface area contributed by atoms with Crippen LogP contribution in [0.5, 0.6) is 0 Å². The minimum atomic E-state index is -1.62. The van der Waals surface area contributed by atoms with Gasteiger partial charge in [0.25, 0.3) is 0 Å². The highest BCUT2D eigenvalue weighted by molar-refractivity contribution is 7.99. The topological polar surface area (TPSA) is 101 Å². The van der Waals surface area contributed by atoms with Gasteiger partial charge in [0.2, 0.25) is 0 Å². The molecule has 0 aliphatic carbocycles. The van der Waals surface area contributed by atoms with Crippen molar-refractivity contribution in [1.29, 1.82) is 0 Å². The summed E-state index contributed by atoms with van der Waals surface area (Å²) >= 11 is 13.0. The molecule has 3 aromatic rings. The first-order valence-electron chi connectivity index (χ1n) is 9.50. The maximum atomic E-state index is 13.6. The standard InChI is InChI=1S/C20H16Cl2F3N3O4S/c21-10-2-1-9(5-11(10)22)33-20-19(31)17(18(30)15(7-29)32-20)28-6-14(26-27-28)8-3-12(23)16(25)13(24)4-8/h1-6,15,17-20,29-31H,7H2/t15?,17-,18-,19?,20+/m0/s1. The number of aliphatic hydroxyl groups excluding tert-OH is 3. The van der Waals surface area contributed by atoms with Crippen LogP contribution >= 0.6 is 35.0 Å². The molecule has 13 heteroatoms. The summed E-state index contributed by atoms with van der Waals surface area (Å²) in [6, 6.07) is 5.18. The fraction of sp³-hybridized carbons (Fsp3) is 0.300. The maximum absolute atomic E-state index is 13.6. The predicted molar refractivity (Wildman–Crippen MR) is 114 cm³/mol. The lowest BCUT2D eigenvalue weighted by Crippen LogP contribution is -2.55. The lowest BCUT2D eigenvalue weighted by molar-refractivity contribution is -0.178. The minimum Gasteiger partial charge on any atom is -0.394 e. The highest BCUT2D eigenvalue weighted by Crippen LogP contribution is 2.39. The van der Waals surface area contributed by atoms with Crippen molar-refractivity contribution in [2.24, 2.45) is 0 Å². The summed E-state index contributed by atoms with van der Waals surface area (Å²) in [7, 11) is 0. The van der Waals surface area contributed by atoms with Crippen LogP contribution in [0.2, 0.25) is 10.0 Å². The summed E-state index contributed by atoms with van der Waals surface area (Å²) in [5, 5.41) is 39.6. The molecule has 1 aliphatic rings. The van der Waals surface area contributed by atoms with Crippen molar-refractivity contribution >= 4 is 35.0 Å². The number of nitrogens with zero attached hydrogens (tertiary/aromatic N) is 3. The molecule has 1 aliphatic heterocycles. The van der Waals surface area contributed by atoms with Gasteiger partial charge < -0.3 is 20.1 Å². The van der Waals surface area contributed by atoms with Gasteiger partial charge in [-0.1, -0.05) is 40.2 Å². The predicted octanol–water partition coefficient (Wildman–Crippen LogP) is 3.44. The van der Waals surface area contributed by atoms with Gasteiger partial charge in [-0.2, -0.15) is 0 Å². The summed E-state index contributed by atoms with van der Waals surface area (Å²) in [5.41, 5.74) is -1.07. The van der Waals surface area contributed by atoms with Gasteiger partial charge in [0.1, 0.15) is 35.5 Å². The molecule has 1 saturated heterocycles. The van der Waals surface area contributed by atoms with Crippen molar-refractivity contribution < 1.29 is 33.2 Å². The number of aromatic nitrogens is 3. The highest BCUT2D eigenvalue weighted by Gasteiger charge is 2.46. The van der Waals surface area contributed by atoms with Gasteiger partial charge in [0.05, 0.1) is 22.8 Å². The summed E-state index contributed by atoms with van der Waals surface area (Å²) in [6.07, 6.45) is -2.58. The molecule has 0 bridgehead atoms. The second-order valence-corrected chi connectivity index (χ2v) is 9.21. The van der Waals surface area contributed by atoms with E-state index in [0.29, 0.717) is 14.9 Å². The van der Waals surface area contributed by atoms with Gasteiger partial charge >= 0.3 is 0 Å². The Labute approximate surface area is 199 Å². The lowest BCUT2D eigenvalue weighted by Gasteiger charge is -2.41. The van der Waals surface area contributed by atoms with Gasteiger partial charge in [-0.3, -0.25) is 0 Å². The van der Waals surface area contributed by atoms with Crippen LogP contribution in [0.1, 0.15) is 6.04 Å². The molecule has 2 aromatic carbocycles. The van der Waals surface area contributed by atoms with Crippen molar-refractivity contribution in [3.05, 3.63) is 64.0 Å². The number of ether oxygens (including phenoxy) is 1. The number of aliphatic hydroxyl groups is 3. The molecule has 0 amide bonds. The molecule has 176 valence electrons. The van der Waals surface area contributed by atoms with Crippen LogP contribution in [0.3, 0.4) is 0 Å². The first kappa shape index (κ1) is 24.3. The monoisotopic (exact) mass is 521 g/mol.